The highest BCUT2D eigenvalue weighted by Crippen LogP contribution is 2.29. The molecule has 2 aliphatic rings. The van der Waals surface area contributed by atoms with Crippen LogP contribution in [0.2, 0.25) is 0 Å². The highest BCUT2D eigenvalue weighted by molar-refractivity contribution is 6.05. The van der Waals surface area contributed by atoms with Crippen molar-refractivity contribution in [1.82, 2.24) is 9.80 Å². The molecule has 0 aromatic heterocycles. The summed E-state index contributed by atoms with van der Waals surface area (Å²) in [6, 6.07) is 9.16. The molecule has 0 spiro atoms. The SMILES string of the molecule is C[C@@H](c1ccccc1)N1C(=O)C[C@H](N2CCOCC2)C1=O. The summed E-state index contributed by atoms with van der Waals surface area (Å²) in [5.41, 5.74) is 0.988. The van der Waals surface area contributed by atoms with Crippen LogP contribution in [-0.4, -0.2) is 54.0 Å². The van der Waals surface area contributed by atoms with Crippen molar-refractivity contribution in [1.29, 1.82) is 0 Å². The molecule has 3 rings (SSSR count). The first-order chi connectivity index (χ1) is 10.2. The van der Waals surface area contributed by atoms with E-state index in [9.17, 15) is 9.59 Å². The molecule has 2 atom stereocenters. The Kier molecular flexibility index (Phi) is 4.03. The molecule has 1 aromatic rings. The van der Waals surface area contributed by atoms with Gasteiger partial charge in [-0.05, 0) is 12.5 Å². The van der Waals surface area contributed by atoms with Gasteiger partial charge in [0.25, 0.3) is 0 Å². The van der Waals surface area contributed by atoms with Crippen LogP contribution in [-0.2, 0) is 14.3 Å². The Morgan fingerprint density at radius 2 is 1.81 bits per heavy atom. The minimum absolute atomic E-state index is 0.0711. The summed E-state index contributed by atoms with van der Waals surface area (Å²) >= 11 is 0. The third kappa shape index (κ3) is 2.71. The number of nitrogens with zero attached hydrogens (tertiary/aromatic N) is 2. The molecule has 2 heterocycles. The Hall–Kier alpha value is -1.72. The first kappa shape index (κ1) is 14.2. The number of rotatable bonds is 3. The molecule has 0 aliphatic carbocycles. The van der Waals surface area contributed by atoms with Crippen LogP contribution in [0, 0.1) is 0 Å². The number of benzene rings is 1. The highest BCUT2D eigenvalue weighted by atomic mass is 16.5. The third-order valence-corrected chi connectivity index (χ3v) is 4.31. The van der Waals surface area contributed by atoms with E-state index in [1.807, 2.05) is 37.3 Å². The van der Waals surface area contributed by atoms with Crippen LogP contribution in [0.3, 0.4) is 0 Å². The maximum absolute atomic E-state index is 12.7. The zero-order valence-corrected chi connectivity index (χ0v) is 12.2. The van der Waals surface area contributed by atoms with E-state index in [-0.39, 0.29) is 30.3 Å². The van der Waals surface area contributed by atoms with Gasteiger partial charge in [0.1, 0.15) is 0 Å². The number of carbonyl (C=O) groups is 2. The summed E-state index contributed by atoms with van der Waals surface area (Å²) in [7, 11) is 0. The number of amides is 2. The number of ether oxygens (including phenoxy) is 1. The second-order valence-corrected chi connectivity index (χ2v) is 5.56. The van der Waals surface area contributed by atoms with Crippen LogP contribution in [0.5, 0.6) is 0 Å². The lowest BCUT2D eigenvalue weighted by atomic mass is 10.1. The van der Waals surface area contributed by atoms with Gasteiger partial charge in [-0.15, -0.1) is 0 Å². The number of morpholine rings is 1. The molecule has 5 heteroatoms. The molecule has 1 aromatic carbocycles. The van der Waals surface area contributed by atoms with Crippen LogP contribution >= 0.6 is 0 Å². The second-order valence-electron chi connectivity index (χ2n) is 5.56. The Balaban J connectivity index is 1.77. The maximum atomic E-state index is 12.7. The molecule has 0 radical (unpaired) electrons. The fourth-order valence-corrected chi connectivity index (χ4v) is 3.10. The van der Waals surface area contributed by atoms with Crippen LogP contribution < -0.4 is 0 Å². The Labute approximate surface area is 124 Å². The Bertz CT molecular complexity index is 526. The zero-order valence-electron chi connectivity index (χ0n) is 12.2. The van der Waals surface area contributed by atoms with Gasteiger partial charge in [-0.1, -0.05) is 30.3 Å². The summed E-state index contributed by atoms with van der Waals surface area (Å²) in [6.07, 6.45) is 0.288. The van der Waals surface area contributed by atoms with Gasteiger partial charge < -0.3 is 4.74 Å². The van der Waals surface area contributed by atoms with E-state index in [4.69, 9.17) is 4.74 Å². The van der Waals surface area contributed by atoms with Crippen molar-refractivity contribution in [2.75, 3.05) is 26.3 Å². The van der Waals surface area contributed by atoms with Gasteiger partial charge in [0.05, 0.1) is 31.7 Å². The molecule has 5 nitrogen and oxygen atoms in total. The zero-order chi connectivity index (χ0) is 14.8. The first-order valence-corrected chi connectivity index (χ1v) is 7.41. The Morgan fingerprint density at radius 1 is 1.14 bits per heavy atom. The molecule has 0 unspecified atom stereocenters. The highest BCUT2D eigenvalue weighted by Gasteiger charge is 2.44. The second kappa shape index (κ2) is 5.95. The minimum Gasteiger partial charge on any atom is -0.379 e. The molecule has 2 aliphatic heterocycles. The lowest BCUT2D eigenvalue weighted by Gasteiger charge is -2.31. The van der Waals surface area contributed by atoms with E-state index in [1.165, 1.54) is 4.90 Å². The molecule has 0 bridgehead atoms. The number of imide groups is 1. The summed E-state index contributed by atoms with van der Waals surface area (Å²) in [5, 5.41) is 0. The van der Waals surface area contributed by atoms with Crippen molar-refractivity contribution < 1.29 is 14.3 Å². The van der Waals surface area contributed by atoms with E-state index in [1.54, 1.807) is 0 Å². The predicted molar refractivity (Wildman–Crippen MR) is 77.5 cm³/mol. The molecule has 2 fully saturated rings. The molecule has 112 valence electrons. The average molecular weight is 288 g/mol. The maximum Gasteiger partial charge on any atom is 0.247 e. The number of likely N-dealkylation sites (tertiary alicyclic amines) is 1. The molecule has 0 N–H and O–H groups in total. The number of hydrogen-bond donors (Lipinski definition) is 0. The summed E-state index contributed by atoms with van der Waals surface area (Å²) < 4.78 is 5.31. The van der Waals surface area contributed by atoms with Crippen molar-refractivity contribution in [2.24, 2.45) is 0 Å². The summed E-state index contributed by atoms with van der Waals surface area (Å²) in [5.74, 6) is -0.147. The third-order valence-electron chi connectivity index (χ3n) is 4.31. The van der Waals surface area contributed by atoms with Crippen LogP contribution in [0.25, 0.3) is 0 Å². The molecule has 0 saturated carbocycles. The Morgan fingerprint density at radius 3 is 2.48 bits per heavy atom. The van der Waals surface area contributed by atoms with Gasteiger partial charge in [0.2, 0.25) is 11.8 Å². The standard InChI is InChI=1S/C16H20N2O3/c1-12(13-5-3-2-4-6-13)18-15(19)11-14(16(18)20)17-7-9-21-10-8-17/h2-6,12,14H,7-11H2,1H3/t12-,14-/m0/s1. The van der Waals surface area contributed by atoms with Crippen molar-refractivity contribution >= 4 is 11.8 Å². The molecular formula is C16H20N2O3. The van der Waals surface area contributed by atoms with E-state index < -0.39 is 0 Å². The fourth-order valence-electron chi connectivity index (χ4n) is 3.10. The van der Waals surface area contributed by atoms with E-state index in [0.29, 0.717) is 13.2 Å². The predicted octanol–water partition coefficient (Wildman–Crippen LogP) is 1.21. The fraction of sp³-hybridized carbons (Fsp3) is 0.500. The van der Waals surface area contributed by atoms with E-state index >= 15 is 0 Å². The van der Waals surface area contributed by atoms with Gasteiger partial charge in [-0.25, -0.2) is 0 Å². The molecule has 2 saturated heterocycles. The van der Waals surface area contributed by atoms with Crippen molar-refractivity contribution in [2.45, 2.75) is 25.4 Å². The largest absolute Gasteiger partial charge is 0.379 e. The molecular weight excluding hydrogens is 268 g/mol. The quantitative estimate of drug-likeness (QED) is 0.784. The number of hydrogen-bond acceptors (Lipinski definition) is 4. The normalized spacial score (nSPS) is 25.4. The van der Waals surface area contributed by atoms with Crippen LogP contribution in [0.1, 0.15) is 24.9 Å². The minimum atomic E-state index is -0.312. The summed E-state index contributed by atoms with van der Waals surface area (Å²) in [6.45, 7) is 4.61. The van der Waals surface area contributed by atoms with Gasteiger partial charge in [0.15, 0.2) is 0 Å². The van der Waals surface area contributed by atoms with Crippen molar-refractivity contribution in [3.05, 3.63) is 35.9 Å². The monoisotopic (exact) mass is 288 g/mol. The topological polar surface area (TPSA) is 49.9 Å². The van der Waals surface area contributed by atoms with E-state index in [0.717, 1.165) is 18.7 Å². The number of carbonyl (C=O) groups excluding carboxylic acids is 2. The summed E-state index contributed by atoms with van der Waals surface area (Å²) in [4.78, 5) is 28.4. The van der Waals surface area contributed by atoms with Gasteiger partial charge in [-0.2, -0.15) is 0 Å². The molecule has 2 amide bonds. The van der Waals surface area contributed by atoms with Crippen LogP contribution in [0.4, 0.5) is 0 Å². The lowest BCUT2D eigenvalue weighted by molar-refractivity contribution is -0.142. The van der Waals surface area contributed by atoms with Crippen LogP contribution in [0.15, 0.2) is 30.3 Å². The van der Waals surface area contributed by atoms with Gasteiger partial charge in [0, 0.05) is 13.1 Å². The lowest BCUT2D eigenvalue weighted by Crippen LogP contribution is -2.47. The van der Waals surface area contributed by atoms with Gasteiger partial charge >= 0.3 is 0 Å². The van der Waals surface area contributed by atoms with E-state index in [2.05, 4.69) is 4.90 Å². The van der Waals surface area contributed by atoms with Gasteiger partial charge in [-0.3, -0.25) is 19.4 Å². The molecule has 21 heavy (non-hydrogen) atoms. The van der Waals surface area contributed by atoms with Crippen molar-refractivity contribution in [3.8, 4) is 0 Å². The first-order valence-electron chi connectivity index (χ1n) is 7.41. The average Bonchev–Trinajstić information content (AvgIpc) is 2.83. The van der Waals surface area contributed by atoms with Crippen molar-refractivity contribution in [3.63, 3.8) is 0 Å². The smallest absolute Gasteiger partial charge is 0.247 e.